The zero-order valence-corrected chi connectivity index (χ0v) is 13.0. The molecule has 0 saturated heterocycles. The quantitative estimate of drug-likeness (QED) is 0.358. The number of nitrogens with zero attached hydrogens (tertiary/aromatic N) is 2. The molecule has 0 fully saturated rings. The van der Waals surface area contributed by atoms with Crippen molar-refractivity contribution >= 4 is 26.5 Å². The third-order valence-electron chi connectivity index (χ3n) is 2.36. The smallest absolute Gasteiger partial charge is 0.485 e. The van der Waals surface area contributed by atoms with Gasteiger partial charge >= 0.3 is 5.51 Å². The van der Waals surface area contributed by atoms with Crippen LogP contribution in [-0.2, 0) is 23.7 Å². The van der Waals surface area contributed by atoms with Gasteiger partial charge in [0, 0.05) is 12.7 Å². The summed E-state index contributed by atoms with van der Waals surface area (Å²) in [6, 6.07) is 0. The van der Waals surface area contributed by atoms with Crippen LogP contribution in [0.15, 0.2) is 12.4 Å². The van der Waals surface area contributed by atoms with Crippen LogP contribution in [0.25, 0.3) is 0 Å². The summed E-state index contributed by atoms with van der Waals surface area (Å²) in [6.45, 7) is 3.23. The van der Waals surface area contributed by atoms with E-state index in [0.717, 1.165) is 6.54 Å². The van der Waals surface area contributed by atoms with Crippen LogP contribution in [0.3, 0.4) is 0 Å². The van der Waals surface area contributed by atoms with Crippen LogP contribution in [0.2, 0.25) is 0 Å². The Hall–Kier alpha value is -0.870. The molecule has 0 amide bonds. The highest BCUT2D eigenvalue weighted by Gasteiger charge is 2.36. The Labute approximate surface area is 118 Å². The van der Waals surface area contributed by atoms with E-state index in [-0.39, 0.29) is 0 Å². The number of hydrogen-bond donors (Lipinski definition) is 0. The maximum atomic E-state index is 10.7. The lowest BCUT2D eigenvalue weighted by Gasteiger charge is -2.08. The molecule has 0 spiro atoms. The molecule has 0 aliphatic heterocycles. The van der Waals surface area contributed by atoms with Crippen LogP contribution < -0.4 is 4.57 Å². The Morgan fingerprint density at radius 2 is 1.95 bits per heavy atom. The number of hydrogen-bond acceptors (Lipinski definition) is 3. The maximum Gasteiger partial charge on any atom is 0.485 e. The lowest BCUT2D eigenvalue weighted by molar-refractivity contribution is -0.677. The normalized spacial score (nSPS) is 13.6. The van der Waals surface area contributed by atoms with Gasteiger partial charge in [-0.3, -0.25) is 0 Å². The summed E-state index contributed by atoms with van der Waals surface area (Å²) >= 11 is 0. The van der Waals surface area contributed by atoms with Gasteiger partial charge in [-0.1, -0.05) is 5.87 Å². The summed E-state index contributed by atoms with van der Waals surface area (Å²) in [7, 11) is -3.71. The van der Waals surface area contributed by atoms with E-state index in [1.165, 1.54) is 11.6 Å². The van der Waals surface area contributed by atoms with Crippen molar-refractivity contribution in [2.24, 2.45) is 7.05 Å². The van der Waals surface area contributed by atoms with Crippen LogP contribution >= 0.6 is 10.5 Å². The van der Waals surface area contributed by atoms with Crippen molar-refractivity contribution in [2.45, 2.75) is 19.0 Å². The van der Waals surface area contributed by atoms with E-state index >= 15 is 0 Å². The molecule has 5 nitrogen and oxygen atoms in total. The molecule has 10 heteroatoms. The molecular formula is C10H17F3N2O3S2. The Morgan fingerprint density at radius 1 is 1.50 bits per heavy atom. The first-order valence-corrected chi connectivity index (χ1v) is 8.70. The largest absolute Gasteiger partial charge is 0.741 e. The number of aryl methyl sites for hydroxylation is 2. The van der Waals surface area contributed by atoms with Crippen molar-refractivity contribution in [3.05, 3.63) is 18.2 Å². The van der Waals surface area contributed by atoms with Gasteiger partial charge in [-0.2, -0.15) is 23.7 Å². The number of halogens is 3. The molecule has 118 valence electrons. The fourth-order valence-corrected chi connectivity index (χ4v) is 1.60. The number of alkyl halides is 3. The first kappa shape index (κ1) is 19.1. The minimum atomic E-state index is -6.09. The number of rotatable bonds is 3. The van der Waals surface area contributed by atoms with Crippen LogP contribution in [0, 0.1) is 6.92 Å². The van der Waals surface area contributed by atoms with E-state index in [1.807, 2.05) is 0 Å². The third kappa shape index (κ3) is 6.53. The van der Waals surface area contributed by atoms with Crippen LogP contribution in [-0.4, -0.2) is 40.9 Å². The zero-order valence-electron chi connectivity index (χ0n) is 11.3. The summed E-state index contributed by atoms with van der Waals surface area (Å²) in [4.78, 5) is 0. The molecule has 0 aromatic carbocycles. The highest BCUT2D eigenvalue weighted by atomic mass is 32.2. The molecular weight excluding hydrogens is 317 g/mol. The Kier molecular flexibility index (Phi) is 6.91. The summed E-state index contributed by atoms with van der Waals surface area (Å²) in [6.07, 6.45) is 6.40. The Morgan fingerprint density at radius 3 is 2.20 bits per heavy atom. The lowest BCUT2D eigenvalue weighted by Crippen LogP contribution is -2.29. The summed E-state index contributed by atoms with van der Waals surface area (Å²) in [5.41, 5.74) is -5.65. The fraction of sp³-hybridized carbons (Fsp3) is 0.600. The second kappa shape index (κ2) is 7.23. The highest BCUT2D eigenvalue weighted by molar-refractivity contribution is 8.13. The van der Waals surface area contributed by atoms with Crippen molar-refractivity contribution in [3.63, 3.8) is 0 Å². The molecule has 1 unspecified atom stereocenters. The Balaban J connectivity index is 0.000000396. The predicted molar refractivity (Wildman–Crippen MR) is 71.6 cm³/mol. The molecule has 0 saturated carbocycles. The van der Waals surface area contributed by atoms with E-state index in [4.69, 9.17) is 13.0 Å². The minimum Gasteiger partial charge on any atom is -0.741 e. The van der Waals surface area contributed by atoms with Gasteiger partial charge in [-0.05, 0) is 6.26 Å². The van der Waals surface area contributed by atoms with Gasteiger partial charge in [-0.15, -0.1) is 0 Å². The average molecular weight is 334 g/mol. The van der Waals surface area contributed by atoms with Crippen LogP contribution in [0.4, 0.5) is 13.2 Å². The summed E-state index contributed by atoms with van der Waals surface area (Å²) in [5.74, 6) is 6.48. The second-order valence-corrected chi connectivity index (χ2v) is 7.38. The molecule has 1 atom stereocenters. The molecule has 0 N–H and O–H groups in total. The first-order valence-electron chi connectivity index (χ1n) is 5.32. The molecule has 1 aromatic rings. The third-order valence-corrected chi connectivity index (χ3v) is 3.81. The van der Waals surface area contributed by atoms with E-state index in [2.05, 4.69) is 47.6 Å². The van der Waals surface area contributed by atoms with Crippen LogP contribution in [0.1, 0.15) is 5.82 Å². The molecule has 0 radical (unpaired) electrons. The number of imidazole rings is 1. The molecule has 1 heterocycles. The molecule has 0 bridgehead atoms. The molecule has 0 aliphatic carbocycles. The molecule has 20 heavy (non-hydrogen) atoms. The highest BCUT2D eigenvalue weighted by Crippen LogP contribution is 2.20. The van der Waals surface area contributed by atoms with Gasteiger partial charge in [0.25, 0.3) is 5.82 Å². The van der Waals surface area contributed by atoms with E-state index in [0.29, 0.717) is 10.5 Å². The average Bonchev–Trinajstić information content (AvgIpc) is 2.55. The molecule has 1 rings (SSSR count). The van der Waals surface area contributed by atoms with Crippen molar-refractivity contribution in [1.29, 1.82) is 0 Å². The van der Waals surface area contributed by atoms with Crippen LogP contribution in [0.5, 0.6) is 0 Å². The van der Waals surface area contributed by atoms with Crippen molar-refractivity contribution < 1.29 is 30.7 Å². The SMILES string of the molecule is C=S(C)CCn1cc[n+](C)c1C.O=S(=O)([O-])C(F)(F)F. The van der Waals surface area contributed by atoms with E-state index in [1.54, 1.807) is 0 Å². The topological polar surface area (TPSA) is 66.0 Å². The van der Waals surface area contributed by atoms with Gasteiger partial charge in [0.1, 0.15) is 12.4 Å². The summed E-state index contributed by atoms with van der Waals surface area (Å²) in [5, 5.41) is 0. The standard InChI is InChI=1S/C9H17N2S.CHF3O3S/c1-9-10(2)5-6-11(9)7-8-12(3)4;2-1(3,4)8(5,6)7/h5-6H,3,7-8H2,1-2,4H3;(H,5,6,7)/q+1;/p-1. The van der Waals surface area contributed by atoms with Gasteiger partial charge < -0.3 is 4.55 Å². The first-order chi connectivity index (χ1) is 8.86. The lowest BCUT2D eigenvalue weighted by atomic mass is 10.6. The zero-order chi connectivity index (χ0) is 16.1. The van der Waals surface area contributed by atoms with E-state index < -0.39 is 15.6 Å². The van der Waals surface area contributed by atoms with Crippen molar-refractivity contribution in [2.75, 3.05) is 12.0 Å². The Bertz CT molecular complexity index is 565. The minimum absolute atomic E-state index is 0.305. The molecule has 0 aliphatic rings. The van der Waals surface area contributed by atoms with Gasteiger partial charge in [0.05, 0.1) is 13.6 Å². The van der Waals surface area contributed by atoms with Crippen molar-refractivity contribution in [1.82, 2.24) is 4.57 Å². The van der Waals surface area contributed by atoms with Gasteiger partial charge in [-0.25, -0.2) is 17.6 Å². The molecule has 1 aromatic heterocycles. The monoisotopic (exact) mass is 334 g/mol. The fourth-order valence-electron chi connectivity index (χ4n) is 1.09. The number of aromatic nitrogens is 2. The second-order valence-electron chi connectivity index (χ2n) is 4.04. The van der Waals surface area contributed by atoms with Crippen molar-refractivity contribution in [3.8, 4) is 0 Å². The van der Waals surface area contributed by atoms with Gasteiger partial charge in [0.2, 0.25) is 0 Å². The summed E-state index contributed by atoms with van der Waals surface area (Å²) < 4.78 is 63.3. The predicted octanol–water partition coefficient (Wildman–Crippen LogP) is 1.00. The van der Waals surface area contributed by atoms with Gasteiger partial charge in [0.15, 0.2) is 10.1 Å². The van der Waals surface area contributed by atoms with E-state index in [9.17, 15) is 13.2 Å². The maximum absolute atomic E-state index is 10.7.